The van der Waals surface area contributed by atoms with Gasteiger partial charge in [-0.15, -0.1) is 0 Å². The molecule has 20 heavy (non-hydrogen) atoms. The quantitative estimate of drug-likeness (QED) is 0.648. The molecule has 0 fully saturated rings. The molecular weight excluding hydrogens is 278 g/mol. The van der Waals surface area contributed by atoms with Crippen LogP contribution >= 0.6 is 0 Å². The van der Waals surface area contributed by atoms with Crippen LogP contribution in [0.25, 0.3) is 0 Å². The van der Waals surface area contributed by atoms with E-state index in [1.165, 1.54) is 13.8 Å². The van der Waals surface area contributed by atoms with Crippen molar-refractivity contribution in [1.82, 2.24) is 0 Å². The van der Waals surface area contributed by atoms with Gasteiger partial charge in [0.2, 0.25) is 0 Å². The lowest BCUT2D eigenvalue weighted by Crippen LogP contribution is -2.46. The molecule has 0 heterocycles. The molecule has 0 radical (unpaired) electrons. The fourth-order valence-corrected chi connectivity index (χ4v) is 2.03. The lowest BCUT2D eigenvalue weighted by atomic mass is 9.87. The fourth-order valence-electron chi connectivity index (χ4n) is 2.03. The van der Waals surface area contributed by atoms with Crippen LogP contribution in [-0.2, 0) is 11.2 Å². The van der Waals surface area contributed by atoms with Crippen molar-refractivity contribution >= 4 is 5.97 Å². The van der Waals surface area contributed by atoms with Crippen LogP contribution in [0.1, 0.15) is 25.8 Å². The number of rotatable bonds is 5. The Labute approximate surface area is 113 Å². The first-order valence-electron chi connectivity index (χ1n) is 5.90. The predicted molar refractivity (Wildman–Crippen MR) is 64.0 cm³/mol. The number of carboxylic acid groups (broad SMARTS) is 1. The maximum absolute atomic E-state index is 13.5. The highest BCUT2D eigenvalue weighted by Gasteiger charge is 2.31. The number of benzene rings is 1. The second-order valence-electron chi connectivity index (χ2n) is 5.18. The van der Waals surface area contributed by atoms with Crippen molar-refractivity contribution in [3.8, 4) is 0 Å². The van der Waals surface area contributed by atoms with E-state index < -0.39 is 46.3 Å². The zero-order valence-electron chi connectivity index (χ0n) is 11.0. The Bertz CT molecular complexity index is 505. The molecule has 0 bridgehead atoms. The Morgan fingerprint density at radius 3 is 2.15 bits per heavy atom. The normalized spacial score (nSPS) is 15.8. The van der Waals surface area contributed by atoms with Crippen LogP contribution in [0.15, 0.2) is 6.07 Å². The van der Waals surface area contributed by atoms with E-state index in [0.29, 0.717) is 0 Å². The summed E-state index contributed by atoms with van der Waals surface area (Å²) in [4.78, 5) is 10.9. The van der Waals surface area contributed by atoms with Crippen molar-refractivity contribution in [3.63, 3.8) is 0 Å². The summed E-state index contributed by atoms with van der Waals surface area (Å²) in [5, 5.41) is 8.86. The number of halogens is 4. The van der Waals surface area contributed by atoms with Gasteiger partial charge in [-0.05, 0) is 25.7 Å². The smallest absolute Gasteiger partial charge is 0.323 e. The van der Waals surface area contributed by atoms with Crippen LogP contribution in [0.3, 0.4) is 0 Å². The molecule has 0 aromatic heterocycles. The Morgan fingerprint density at radius 1 is 1.30 bits per heavy atom. The number of hydrogen-bond donors (Lipinski definition) is 2. The van der Waals surface area contributed by atoms with Gasteiger partial charge in [0.25, 0.3) is 0 Å². The average molecular weight is 293 g/mol. The van der Waals surface area contributed by atoms with E-state index in [9.17, 15) is 22.4 Å². The van der Waals surface area contributed by atoms with Gasteiger partial charge in [-0.25, -0.2) is 17.6 Å². The van der Waals surface area contributed by atoms with Crippen molar-refractivity contribution in [2.75, 3.05) is 0 Å². The summed E-state index contributed by atoms with van der Waals surface area (Å²) in [5.41, 5.74) is 3.19. The number of carbonyl (C=O) groups is 1. The third-order valence-electron chi connectivity index (χ3n) is 3.02. The van der Waals surface area contributed by atoms with Crippen LogP contribution in [0.5, 0.6) is 0 Å². The minimum Gasteiger partial charge on any atom is -0.480 e. The van der Waals surface area contributed by atoms with Gasteiger partial charge in [0.05, 0.1) is 0 Å². The molecule has 3 N–H and O–H groups in total. The molecule has 0 aliphatic heterocycles. The molecule has 3 nitrogen and oxygen atoms in total. The summed E-state index contributed by atoms with van der Waals surface area (Å²) in [6.45, 7) is 2.75. The van der Waals surface area contributed by atoms with E-state index in [4.69, 9.17) is 10.8 Å². The monoisotopic (exact) mass is 293 g/mol. The standard InChI is InChI=1S/C13H15F4NO2/c1-6(5-13(2,18)12(19)20)3-7-10(16)8(14)4-9(15)11(7)17/h4,6H,3,5,18H2,1-2H3,(H,19,20). The third kappa shape index (κ3) is 3.47. The summed E-state index contributed by atoms with van der Waals surface area (Å²) in [6.07, 6.45) is -0.453. The van der Waals surface area contributed by atoms with E-state index in [-0.39, 0.29) is 18.9 Å². The molecule has 1 rings (SSSR count). The highest BCUT2D eigenvalue weighted by Crippen LogP contribution is 2.25. The molecule has 1 aromatic rings. The molecule has 2 atom stereocenters. The first-order valence-corrected chi connectivity index (χ1v) is 5.90. The third-order valence-corrected chi connectivity index (χ3v) is 3.02. The zero-order valence-corrected chi connectivity index (χ0v) is 11.0. The zero-order chi connectivity index (χ0) is 15.7. The lowest BCUT2D eigenvalue weighted by Gasteiger charge is -2.23. The van der Waals surface area contributed by atoms with E-state index in [1.807, 2.05) is 0 Å². The molecule has 7 heteroatoms. The van der Waals surface area contributed by atoms with Gasteiger partial charge in [0.1, 0.15) is 5.54 Å². The molecule has 1 aromatic carbocycles. The Balaban J connectivity index is 2.97. The summed E-state index contributed by atoms with van der Waals surface area (Å²) >= 11 is 0. The Morgan fingerprint density at radius 2 is 1.75 bits per heavy atom. The SMILES string of the molecule is CC(Cc1c(F)c(F)cc(F)c1F)CC(C)(N)C(=O)O. The van der Waals surface area contributed by atoms with E-state index in [1.54, 1.807) is 0 Å². The van der Waals surface area contributed by atoms with Crippen molar-refractivity contribution in [1.29, 1.82) is 0 Å². The fraction of sp³-hybridized carbons (Fsp3) is 0.462. The Hall–Kier alpha value is -1.63. The lowest BCUT2D eigenvalue weighted by molar-refractivity contribution is -0.143. The first-order chi connectivity index (χ1) is 9.06. The Kier molecular flexibility index (Phi) is 4.75. The van der Waals surface area contributed by atoms with Gasteiger partial charge in [-0.3, -0.25) is 4.79 Å². The minimum atomic E-state index is -1.59. The van der Waals surface area contributed by atoms with Crippen LogP contribution in [-0.4, -0.2) is 16.6 Å². The number of carboxylic acids is 1. The molecule has 112 valence electrons. The summed E-state index contributed by atoms with van der Waals surface area (Å²) in [7, 11) is 0. The van der Waals surface area contributed by atoms with Gasteiger partial charge in [-0.2, -0.15) is 0 Å². The second kappa shape index (κ2) is 5.78. The molecule has 0 saturated heterocycles. The summed E-state index contributed by atoms with van der Waals surface area (Å²) < 4.78 is 53.0. The topological polar surface area (TPSA) is 63.3 Å². The maximum Gasteiger partial charge on any atom is 0.323 e. The highest BCUT2D eigenvalue weighted by atomic mass is 19.2. The van der Waals surface area contributed by atoms with Crippen molar-refractivity contribution in [2.45, 2.75) is 32.2 Å². The van der Waals surface area contributed by atoms with Crippen molar-refractivity contribution in [2.24, 2.45) is 11.7 Å². The molecule has 0 aliphatic rings. The van der Waals surface area contributed by atoms with Crippen molar-refractivity contribution < 1.29 is 27.5 Å². The molecular formula is C13H15F4NO2. The van der Waals surface area contributed by atoms with Crippen LogP contribution < -0.4 is 5.73 Å². The molecule has 0 amide bonds. The summed E-state index contributed by atoms with van der Waals surface area (Å²) in [6, 6.07) is 0.128. The van der Waals surface area contributed by atoms with E-state index in [2.05, 4.69) is 0 Å². The van der Waals surface area contributed by atoms with E-state index >= 15 is 0 Å². The van der Waals surface area contributed by atoms with Crippen LogP contribution in [0, 0.1) is 29.2 Å². The van der Waals surface area contributed by atoms with Gasteiger partial charge >= 0.3 is 5.97 Å². The maximum atomic E-state index is 13.5. The average Bonchev–Trinajstić information content (AvgIpc) is 2.31. The van der Waals surface area contributed by atoms with Gasteiger partial charge in [0.15, 0.2) is 23.3 Å². The molecule has 0 saturated carbocycles. The number of hydrogen-bond acceptors (Lipinski definition) is 2. The van der Waals surface area contributed by atoms with E-state index in [0.717, 1.165) is 0 Å². The predicted octanol–water partition coefficient (Wildman–Crippen LogP) is 2.61. The summed E-state index contributed by atoms with van der Waals surface area (Å²) in [5.74, 6) is -7.75. The first kappa shape index (κ1) is 16.4. The van der Waals surface area contributed by atoms with Gasteiger partial charge in [0, 0.05) is 11.6 Å². The molecule has 0 aliphatic carbocycles. The minimum absolute atomic E-state index is 0.0979. The number of nitrogens with two attached hydrogens (primary N) is 1. The van der Waals surface area contributed by atoms with Gasteiger partial charge < -0.3 is 10.8 Å². The van der Waals surface area contributed by atoms with Gasteiger partial charge in [-0.1, -0.05) is 6.92 Å². The highest BCUT2D eigenvalue weighted by molar-refractivity contribution is 5.77. The van der Waals surface area contributed by atoms with Crippen LogP contribution in [0.4, 0.5) is 17.6 Å². The van der Waals surface area contributed by atoms with Crippen LogP contribution in [0.2, 0.25) is 0 Å². The molecule has 0 spiro atoms. The number of aliphatic carboxylic acids is 1. The largest absolute Gasteiger partial charge is 0.480 e. The van der Waals surface area contributed by atoms with Crippen molar-refractivity contribution in [3.05, 3.63) is 34.9 Å². The second-order valence-corrected chi connectivity index (χ2v) is 5.18. The molecule has 2 unspecified atom stereocenters.